The van der Waals surface area contributed by atoms with Crippen LogP contribution >= 0.6 is 0 Å². The molecule has 1 atom stereocenters. The van der Waals surface area contributed by atoms with Crippen molar-refractivity contribution in [2.24, 2.45) is 0 Å². The van der Waals surface area contributed by atoms with Gasteiger partial charge in [-0.3, -0.25) is 19.5 Å². The smallest absolute Gasteiger partial charge is 0.279 e. The molecule has 33 heavy (non-hydrogen) atoms. The van der Waals surface area contributed by atoms with Gasteiger partial charge < -0.3 is 5.32 Å². The van der Waals surface area contributed by atoms with E-state index in [2.05, 4.69) is 15.3 Å². The third-order valence-corrected chi connectivity index (χ3v) is 6.34. The van der Waals surface area contributed by atoms with E-state index in [1.807, 2.05) is 62.4 Å². The van der Waals surface area contributed by atoms with Crippen LogP contribution in [-0.2, 0) is 4.79 Å². The number of hydrogen-bond donors (Lipinski definition) is 1. The van der Waals surface area contributed by atoms with E-state index in [-0.39, 0.29) is 23.6 Å². The molecule has 1 aromatic heterocycles. The minimum atomic E-state index is -0.829. The van der Waals surface area contributed by atoms with E-state index in [1.165, 1.54) is 25.0 Å². The van der Waals surface area contributed by atoms with Crippen LogP contribution in [0.1, 0.15) is 65.3 Å². The van der Waals surface area contributed by atoms with Crippen molar-refractivity contribution in [2.45, 2.75) is 58.0 Å². The number of hydrogen-bond acceptors (Lipinski definition) is 4. The van der Waals surface area contributed by atoms with Crippen LogP contribution in [0.15, 0.2) is 67.1 Å². The van der Waals surface area contributed by atoms with E-state index >= 15 is 0 Å². The predicted octanol–water partition coefficient (Wildman–Crippen LogP) is 4.93. The number of nitrogens with one attached hydrogen (secondary N) is 1. The summed E-state index contributed by atoms with van der Waals surface area (Å²) in [5.41, 5.74) is 3.77. The minimum Gasteiger partial charge on any atom is -0.351 e. The molecule has 1 aliphatic carbocycles. The summed E-state index contributed by atoms with van der Waals surface area (Å²) in [5, 5.41) is 3.23. The highest BCUT2D eigenvalue weighted by atomic mass is 16.2. The Balaban J connectivity index is 1.80. The molecule has 6 heteroatoms. The number of nitrogens with zero attached hydrogens (tertiary/aromatic N) is 3. The van der Waals surface area contributed by atoms with Gasteiger partial charge in [0.15, 0.2) is 0 Å². The maximum Gasteiger partial charge on any atom is 0.279 e. The fourth-order valence-electron chi connectivity index (χ4n) is 4.37. The first-order valence-corrected chi connectivity index (χ1v) is 11.6. The van der Waals surface area contributed by atoms with Gasteiger partial charge in [0.2, 0.25) is 5.91 Å². The van der Waals surface area contributed by atoms with Crippen molar-refractivity contribution >= 4 is 17.5 Å². The van der Waals surface area contributed by atoms with Gasteiger partial charge in [0, 0.05) is 24.1 Å². The normalized spacial score (nSPS) is 15.0. The summed E-state index contributed by atoms with van der Waals surface area (Å²) in [6.45, 7) is 4.03. The van der Waals surface area contributed by atoms with Crippen LogP contribution in [0.5, 0.6) is 0 Å². The fraction of sp³-hybridized carbons (Fsp3) is 0.333. The van der Waals surface area contributed by atoms with Crippen molar-refractivity contribution < 1.29 is 9.59 Å². The molecule has 0 radical (unpaired) electrons. The largest absolute Gasteiger partial charge is 0.351 e. The van der Waals surface area contributed by atoms with E-state index in [4.69, 9.17) is 0 Å². The quantitative estimate of drug-likeness (QED) is 0.587. The first kappa shape index (κ1) is 22.6. The standard InChI is InChI=1S/C27H30N4O2/c1-19-13-14-23(17-20(19)2)31(27(33)24-18-28-15-16-29-24)25(21-9-5-3-6-10-21)26(32)30-22-11-7-4-8-12-22/h3,5-6,9-10,13-18,22,25H,4,7-8,11-12H2,1-2H3,(H,30,32)/t25-/m1/s1. The SMILES string of the molecule is Cc1ccc(N(C(=O)c2cnccn2)[C@@H](C(=O)NC2CCCCC2)c2ccccc2)cc1C. The van der Waals surface area contributed by atoms with E-state index in [0.29, 0.717) is 5.69 Å². The molecular weight excluding hydrogens is 412 g/mol. The van der Waals surface area contributed by atoms with Crippen LogP contribution in [0.3, 0.4) is 0 Å². The second kappa shape index (κ2) is 10.4. The summed E-state index contributed by atoms with van der Waals surface area (Å²) in [6.07, 6.45) is 9.82. The summed E-state index contributed by atoms with van der Waals surface area (Å²) in [6, 6.07) is 14.6. The highest BCUT2D eigenvalue weighted by Crippen LogP contribution is 2.31. The molecule has 2 aromatic carbocycles. The summed E-state index contributed by atoms with van der Waals surface area (Å²) in [7, 11) is 0. The van der Waals surface area contributed by atoms with Gasteiger partial charge in [-0.1, -0.05) is 55.7 Å². The summed E-state index contributed by atoms with van der Waals surface area (Å²) in [4.78, 5) is 37.4. The van der Waals surface area contributed by atoms with Crippen molar-refractivity contribution in [2.75, 3.05) is 4.90 Å². The first-order valence-electron chi connectivity index (χ1n) is 11.6. The average Bonchev–Trinajstić information content (AvgIpc) is 2.85. The van der Waals surface area contributed by atoms with Crippen molar-refractivity contribution in [3.8, 4) is 0 Å². The Bertz CT molecular complexity index is 1100. The lowest BCUT2D eigenvalue weighted by molar-refractivity contribution is -0.123. The van der Waals surface area contributed by atoms with Crippen molar-refractivity contribution in [1.29, 1.82) is 0 Å². The fourth-order valence-corrected chi connectivity index (χ4v) is 4.37. The zero-order valence-corrected chi connectivity index (χ0v) is 19.2. The molecule has 2 amide bonds. The number of carbonyl (C=O) groups is 2. The molecule has 0 spiro atoms. The molecule has 3 aromatic rings. The molecule has 1 heterocycles. The minimum absolute atomic E-state index is 0.130. The molecule has 1 saturated carbocycles. The second-order valence-corrected chi connectivity index (χ2v) is 8.69. The molecule has 0 aliphatic heterocycles. The predicted molar refractivity (Wildman–Crippen MR) is 129 cm³/mol. The number of anilines is 1. The number of aryl methyl sites for hydroxylation is 2. The van der Waals surface area contributed by atoms with Crippen molar-refractivity contribution in [1.82, 2.24) is 15.3 Å². The van der Waals surface area contributed by atoms with E-state index in [1.54, 1.807) is 4.90 Å². The molecule has 1 fully saturated rings. The molecular formula is C27H30N4O2. The Morgan fingerprint density at radius 2 is 1.73 bits per heavy atom. The Morgan fingerprint density at radius 1 is 0.970 bits per heavy atom. The summed E-state index contributed by atoms with van der Waals surface area (Å²) < 4.78 is 0. The van der Waals surface area contributed by atoms with E-state index in [9.17, 15) is 9.59 Å². The zero-order valence-electron chi connectivity index (χ0n) is 19.2. The van der Waals surface area contributed by atoms with Gasteiger partial charge in [-0.25, -0.2) is 4.98 Å². The van der Waals surface area contributed by atoms with Gasteiger partial charge in [-0.05, 0) is 55.5 Å². The maximum absolute atomic E-state index is 13.8. The Hall–Kier alpha value is -3.54. The molecule has 0 bridgehead atoms. The third kappa shape index (κ3) is 5.28. The zero-order chi connectivity index (χ0) is 23.2. The number of amides is 2. The molecule has 6 nitrogen and oxygen atoms in total. The van der Waals surface area contributed by atoms with Gasteiger partial charge in [0.25, 0.3) is 5.91 Å². The Kier molecular flexibility index (Phi) is 7.13. The molecule has 170 valence electrons. The molecule has 0 unspecified atom stereocenters. The molecule has 4 rings (SSSR count). The van der Waals surface area contributed by atoms with Gasteiger partial charge in [0.1, 0.15) is 11.7 Å². The highest BCUT2D eigenvalue weighted by molar-refractivity contribution is 6.09. The number of aromatic nitrogens is 2. The van der Waals surface area contributed by atoms with Crippen LogP contribution in [-0.4, -0.2) is 27.8 Å². The van der Waals surface area contributed by atoms with Crippen LogP contribution < -0.4 is 10.2 Å². The maximum atomic E-state index is 13.8. The lowest BCUT2D eigenvalue weighted by atomic mass is 9.94. The monoisotopic (exact) mass is 442 g/mol. The third-order valence-electron chi connectivity index (χ3n) is 6.34. The van der Waals surface area contributed by atoms with Crippen molar-refractivity contribution in [3.63, 3.8) is 0 Å². The molecule has 0 saturated heterocycles. The lowest BCUT2D eigenvalue weighted by Gasteiger charge is -2.33. The van der Waals surface area contributed by atoms with Crippen molar-refractivity contribution in [3.05, 3.63) is 89.5 Å². The van der Waals surface area contributed by atoms with Crippen LogP contribution in [0.25, 0.3) is 0 Å². The summed E-state index contributed by atoms with van der Waals surface area (Å²) in [5.74, 6) is -0.539. The highest BCUT2D eigenvalue weighted by Gasteiger charge is 2.35. The number of rotatable bonds is 6. The van der Waals surface area contributed by atoms with Gasteiger partial charge in [-0.2, -0.15) is 0 Å². The topological polar surface area (TPSA) is 75.2 Å². The molecule has 1 N–H and O–H groups in total. The van der Waals surface area contributed by atoms with E-state index in [0.717, 1.165) is 42.4 Å². The second-order valence-electron chi connectivity index (χ2n) is 8.69. The van der Waals surface area contributed by atoms with Gasteiger partial charge in [-0.15, -0.1) is 0 Å². The van der Waals surface area contributed by atoms with Gasteiger partial charge in [0.05, 0.1) is 6.20 Å². The average molecular weight is 443 g/mol. The summed E-state index contributed by atoms with van der Waals surface area (Å²) >= 11 is 0. The van der Waals surface area contributed by atoms with Crippen LogP contribution in [0.4, 0.5) is 5.69 Å². The van der Waals surface area contributed by atoms with Crippen LogP contribution in [0.2, 0.25) is 0 Å². The van der Waals surface area contributed by atoms with Gasteiger partial charge >= 0.3 is 0 Å². The lowest BCUT2D eigenvalue weighted by Crippen LogP contribution is -2.47. The molecule has 1 aliphatic rings. The number of carbonyl (C=O) groups excluding carboxylic acids is 2. The van der Waals surface area contributed by atoms with Crippen LogP contribution in [0, 0.1) is 13.8 Å². The van der Waals surface area contributed by atoms with E-state index < -0.39 is 6.04 Å². The number of benzene rings is 2. The Morgan fingerprint density at radius 3 is 2.39 bits per heavy atom. The Labute approximate surface area is 195 Å². The first-order chi connectivity index (χ1) is 16.0.